The smallest absolute Gasteiger partial charge is 0.119 e. The van der Waals surface area contributed by atoms with Gasteiger partial charge in [-0.1, -0.05) is 35.3 Å². The van der Waals surface area contributed by atoms with Gasteiger partial charge in [-0.25, -0.2) is 0 Å². The fraction of sp³-hybridized carbons (Fsp3) is 0.333. The Morgan fingerprint density at radius 3 is 2.43 bits per heavy atom. The van der Waals surface area contributed by atoms with E-state index in [1.807, 2.05) is 18.2 Å². The van der Waals surface area contributed by atoms with E-state index in [-0.39, 0.29) is 18.3 Å². The number of likely N-dealkylation sites (N-methyl/N-ethyl adjacent to an activating group) is 1. The molecule has 0 aliphatic carbocycles. The van der Waals surface area contributed by atoms with E-state index < -0.39 is 0 Å². The van der Waals surface area contributed by atoms with Gasteiger partial charge in [0.2, 0.25) is 0 Å². The van der Waals surface area contributed by atoms with Crippen LogP contribution in [0.1, 0.15) is 35.6 Å². The molecule has 0 saturated carbocycles. The second-order valence-corrected chi connectivity index (χ2v) is 6.65. The first-order valence-electron chi connectivity index (χ1n) is 7.34. The highest BCUT2D eigenvalue weighted by Crippen LogP contribution is 2.41. The molecule has 0 fully saturated rings. The predicted octanol–water partition coefficient (Wildman–Crippen LogP) is 5.56. The molecule has 124 valence electrons. The number of rotatable bonds is 2. The summed E-state index contributed by atoms with van der Waals surface area (Å²) in [7, 11) is 3.85. The van der Waals surface area contributed by atoms with Gasteiger partial charge in [0.05, 0.1) is 17.2 Å². The molecular formula is C18H20Cl3NO. The monoisotopic (exact) mass is 371 g/mol. The highest BCUT2D eigenvalue weighted by Gasteiger charge is 2.30. The standard InChI is InChI=1S/C18H19Cl2NO.ClH/c1-11-15-9-13(22-3)5-6-14(15)16(10-21(11)2)12-4-7-17(19)18(20)8-12;/h4-9,11,16H,10H2,1-3H3;1H. The fourth-order valence-electron chi connectivity index (χ4n) is 3.15. The van der Waals surface area contributed by atoms with Gasteiger partial charge in [0.25, 0.3) is 0 Å². The number of benzene rings is 2. The average molecular weight is 373 g/mol. The van der Waals surface area contributed by atoms with E-state index in [1.54, 1.807) is 7.11 Å². The van der Waals surface area contributed by atoms with E-state index in [0.29, 0.717) is 16.1 Å². The molecule has 0 spiro atoms. The number of halogens is 3. The molecule has 0 bridgehead atoms. The minimum Gasteiger partial charge on any atom is -0.497 e. The number of fused-ring (bicyclic) bond motifs is 1. The number of hydrogen-bond acceptors (Lipinski definition) is 2. The van der Waals surface area contributed by atoms with Crippen LogP contribution in [0, 0.1) is 0 Å². The average Bonchev–Trinajstić information content (AvgIpc) is 2.53. The Bertz CT molecular complexity index is 705. The molecule has 0 aromatic heterocycles. The van der Waals surface area contributed by atoms with Crippen molar-refractivity contribution in [3.05, 3.63) is 63.1 Å². The minimum absolute atomic E-state index is 0. The number of hydrogen-bond donors (Lipinski definition) is 0. The largest absolute Gasteiger partial charge is 0.497 e. The van der Waals surface area contributed by atoms with Gasteiger partial charge in [0.15, 0.2) is 0 Å². The van der Waals surface area contributed by atoms with E-state index in [0.717, 1.165) is 12.3 Å². The normalized spacial score (nSPS) is 20.6. The molecule has 2 aromatic carbocycles. The van der Waals surface area contributed by atoms with Crippen LogP contribution in [0.4, 0.5) is 0 Å². The molecule has 0 amide bonds. The van der Waals surface area contributed by atoms with Crippen molar-refractivity contribution in [3.8, 4) is 5.75 Å². The van der Waals surface area contributed by atoms with Crippen LogP contribution < -0.4 is 4.74 Å². The summed E-state index contributed by atoms with van der Waals surface area (Å²) in [5.74, 6) is 1.19. The maximum atomic E-state index is 6.21. The lowest BCUT2D eigenvalue weighted by atomic mass is 9.82. The third kappa shape index (κ3) is 3.46. The maximum absolute atomic E-state index is 6.21. The lowest BCUT2D eigenvalue weighted by molar-refractivity contribution is 0.233. The second-order valence-electron chi connectivity index (χ2n) is 5.84. The molecule has 0 radical (unpaired) electrons. The van der Waals surface area contributed by atoms with Crippen LogP contribution in [0.3, 0.4) is 0 Å². The third-order valence-corrected chi connectivity index (χ3v) is 5.34. The van der Waals surface area contributed by atoms with Crippen molar-refractivity contribution in [2.24, 2.45) is 0 Å². The van der Waals surface area contributed by atoms with Crippen LogP contribution in [-0.2, 0) is 0 Å². The number of nitrogens with zero attached hydrogens (tertiary/aromatic N) is 1. The molecule has 1 aliphatic rings. The summed E-state index contributed by atoms with van der Waals surface area (Å²) in [5, 5.41) is 1.20. The van der Waals surface area contributed by atoms with Crippen molar-refractivity contribution in [1.82, 2.24) is 4.90 Å². The highest BCUT2D eigenvalue weighted by atomic mass is 35.5. The zero-order valence-electron chi connectivity index (χ0n) is 13.3. The van der Waals surface area contributed by atoms with E-state index in [9.17, 15) is 0 Å². The molecule has 1 aliphatic heterocycles. The van der Waals surface area contributed by atoms with Gasteiger partial charge < -0.3 is 4.74 Å². The molecule has 0 N–H and O–H groups in total. The van der Waals surface area contributed by atoms with Crippen LogP contribution in [0.25, 0.3) is 0 Å². The molecule has 5 heteroatoms. The van der Waals surface area contributed by atoms with Gasteiger partial charge in [-0.15, -0.1) is 12.4 Å². The quantitative estimate of drug-likeness (QED) is 0.684. The second kappa shape index (κ2) is 7.31. The van der Waals surface area contributed by atoms with Crippen molar-refractivity contribution in [2.45, 2.75) is 18.9 Å². The van der Waals surface area contributed by atoms with Crippen molar-refractivity contribution in [1.29, 1.82) is 0 Å². The molecule has 2 aromatic rings. The molecule has 2 unspecified atom stereocenters. The van der Waals surface area contributed by atoms with E-state index in [1.165, 1.54) is 16.7 Å². The molecule has 3 rings (SSSR count). The lowest BCUT2D eigenvalue weighted by Crippen LogP contribution is -2.34. The van der Waals surface area contributed by atoms with E-state index in [2.05, 4.69) is 37.1 Å². The zero-order chi connectivity index (χ0) is 15.9. The van der Waals surface area contributed by atoms with Crippen LogP contribution in [0.5, 0.6) is 5.75 Å². The Hall–Kier alpha value is -0.930. The molecule has 0 saturated heterocycles. The molecule has 1 heterocycles. The minimum atomic E-state index is 0. The van der Waals surface area contributed by atoms with E-state index in [4.69, 9.17) is 27.9 Å². The Morgan fingerprint density at radius 2 is 1.78 bits per heavy atom. The van der Waals surface area contributed by atoms with Gasteiger partial charge in [-0.3, -0.25) is 4.90 Å². The van der Waals surface area contributed by atoms with Gasteiger partial charge in [0.1, 0.15) is 5.75 Å². The van der Waals surface area contributed by atoms with Crippen LogP contribution in [-0.4, -0.2) is 25.6 Å². The van der Waals surface area contributed by atoms with Crippen molar-refractivity contribution < 1.29 is 4.74 Å². The fourth-order valence-corrected chi connectivity index (χ4v) is 3.46. The molecule has 2 nitrogen and oxygen atoms in total. The van der Waals surface area contributed by atoms with Crippen LogP contribution >= 0.6 is 35.6 Å². The van der Waals surface area contributed by atoms with Gasteiger partial charge in [0, 0.05) is 18.5 Å². The summed E-state index contributed by atoms with van der Waals surface area (Å²) < 4.78 is 5.38. The summed E-state index contributed by atoms with van der Waals surface area (Å²) in [6, 6.07) is 12.6. The summed E-state index contributed by atoms with van der Waals surface area (Å²) in [4.78, 5) is 2.36. The summed E-state index contributed by atoms with van der Waals surface area (Å²) in [6.45, 7) is 3.18. The van der Waals surface area contributed by atoms with Gasteiger partial charge >= 0.3 is 0 Å². The maximum Gasteiger partial charge on any atom is 0.119 e. The summed E-state index contributed by atoms with van der Waals surface area (Å²) in [6.07, 6.45) is 0. The Morgan fingerprint density at radius 1 is 1.04 bits per heavy atom. The Labute approximate surface area is 153 Å². The zero-order valence-corrected chi connectivity index (χ0v) is 15.7. The first-order chi connectivity index (χ1) is 10.5. The molecule has 2 atom stereocenters. The van der Waals surface area contributed by atoms with Gasteiger partial charge in [-0.2, -0.15) is 0 Å². The Balaban J connectivity index is 0.00000192. The third-order valence-electron chi connectivity index (χ3n) is 4.60. The van der Waals surface area contributed by atoms with Crippen molar-refractivity contribution in [3.63, 3.8) is 0 Å². The summed E-state index contributed by atoms with van der Waals surface area (Å²) >= 11 is 12.3. The van der Waals surface area contributed by atoms with Gasteiger partial charge in [-0.05, 0) is 54.9 Å². The molecule has 23 heavy (non-hydrogen) atoms. The Kier molecular flexibility index (Phi) is 5.85. The van der Waals surface area contributed by atoms with E-state index >= 15 is 0 Å². The predicted molar refractivity (Wildman–Crippen MR) is 99.6 cm³/mol. The van der Waals surface area contributed by atoms with Crippen molar-refractivity contribution in [2.75, 3.05) is 20.7 Å². The topological polar surface area (TPSA) is 12.5 Å². The van der Waals surface area contributed by atoms with Crippen LogP contribution in [0.15, 0.2) is 36.4 Å². The van der Waals surface area contributed by atoms with Crippen molar-refractivity contribution >= 4 is 35.6 Å². The highest BCUT2D eigenvalue weighted by molar-refractivity contribution is 6.42. The SMILES string of the molecule is COc1ccc2c(c1)C(C)N(C)CC2c1ccc(Cl)c(Cl)c1.Cl. The number of ether oxygens (including phenoxy) is 1. The molecular weight excluding hydrogens is 353 g/mol. The first-order valence-corrected chi connectivity index (χ1v) is 8.10. The summed E-state index contributed by atoms with van der Waals surface area (Å²) in [5.41, 5.74) is 3.84. The van der Waals surface area contributed by atoms with Crippen LogP contribution in [0.2, 0.25) is 10.0 Å². The number of methoxy groups -OCH3 is 1. The first kappa shape index (κ1) is 18.4. The lowest BCUT2D eigenvalue weighted by Gasteiger charge is -2.38.